The van der Waals surface area contributed by atoms with E-state index in [2.05, 4.69) is 221 Å². The second kappa shape index (κ2) is 15.4. The average Bonchev–Trinajstić information content (AvgIpc) is 4.06. The van der Waals surface area contributed by atoms with Crippen LogP contribution in [0, 0.1) is 0 Å². The Balaban J connectivity index is 1.01. The van der Waals surface area contributed by atoms with Crippen LogP contribution >= 0.6 is 0 Å². The topological polar surface area (TPSA) is 48.5 Å². The van der Waals surface area contributed by atoms with Crippen molar-refractivity contribution in [2.24, 2.45) is 0 Å². The molecule has 0 radical (unpaired) electrons. The molecule has 14 rings (SSSR count). The van der Waals surface area contributed by atoms with Crippen LogP contribution in [0.25, 0.3) is 100 Å². The maximum absolute atomic E-state index is 5.22. The molecule has 0 unspecified atom stereocenters. The normalized spacial score (nSPS) is 12.8. The second-order valence-corrected chi connectivity index (χ2v) is 17.9. The Hall–Kier alpha value is -9.19. The highest BCUT2D eigenvalue weighted by Gasteiger charge is 2.46. The third kappa shape index (κ3) is 5.94. The van der Waals surface area contributed by atoms with Gasteiger partial charge in [0.2, 0.25) is 0 Å². The van der Waals surface area contributed by atoms with E-state index in [0.29, 0.717) is 17.5 Å². The van der Waals surface area contributed by atoms with Gasteiger partial charge < -0.3 is 9.13 Å². The zero-order chi connectivity index (χ0) is 45.5. The molecule has 69 heavy (non-hydrogen) atoms. The molecule has 3 heterocycles. The van der Waals surface area contributed by atoms with Gasteiger partial charge in [-0.1, -0.05) is 194 Å². The first-order valence-corrected chi connectivity index (χ1v) is 23.5. The summed E-state index contributed by atoms with van der Waals surface area (Å²) in [7, 11) is 0. The Bertz CT molecular complexity index is 3790. The van der Waals surface area contributed by atoms with Crippen molar-refractivity contribution in [3.8, 4) is 56.7 Å². The van der Waals surface area contributed by atoms with Crippen LogP contribution in [0.1, 0.15) is 22.3 Å². The molecule has 0 saturated carbocycles. The number of benzene rings is 10. The van der Waals surface area contributed by atoms with E-state index in [-0.39, 0.29) is 0 Å². The average molecular weight is 880 g/mol. The Kier molecular flexibility index (Phi) is 8.73. The van der Waals surface area contributed by atoms with Crippen LogP contribution in [0.2, 0.25) is 0 Å². The summed E-state index contributed by atoms with van der Waals surface area (Å²) in [6.07, 6.45) is 0. The lowest BCUT2D eigenvalue weighted by molar-refractivity contribution is 0.767. The highest BCUT2D eigenvalue weighted by atomic mass is 15.0. The summed E-state index contributed by atoms with van der Waals surface area (Å²) < 4.78 is 4.79. The van der Waals surface area contributed by atoms with Gasteiger partial charge in [0, 0.05) is 49.6 Å². The molecule has 0 aliphatic heterocycles. The standard InChI is InChI=1S/C64H41N5/c1-3-17-42(18-4-1)61-65-62(43-19-5-2-6-20-43)67-63(66-61)44-31-40-50-49-21-7-12-26-55(49)64(56(50)41-44,45-32-36-47(37-33-45)68-57-27-13-8-22-51(57)52-23-9-14-28-58(52)68)46-34-38-48(39-35-46)69-59-29-15-10-24-53(59)54-25-11-16-30-60(54)69/h1-41H. The number of aromatic nitrogens is 5. The molecule has 322 valence electrons. The predicted molar refractivity (Wildman–Crippen MR) is 282 cm³/mol. The molecule has 13 aromatic rings. The van der Waals surface area contributed by atoms with Gasteiger partial charge in [0.1, 0.15) is 0 Å². The summed E-state index contributed by atoms with van der Waals surface area (Å²) in [4.78, 5) is 15.5. The molecule has 1 aliphatic rings. The van der Waals surface area contributed by atoms with Crippen molar-refractivity contribution in [1.29, 1.82) is 0 Å². The van der Waals surface area contributed by atoms with Crippen molar-refractivity contribution in [2.45, 2.75) is 5.41 Å². The van der Waals surface area contributed by atoms with Gasteiger partial charge in [-0.15, -0.1) is 0 Å². The van der Waals surface area contributed by atoms with Crippen molar-refractivity contribution >= 4 is 43.6 Å². The van der Waals surface area contributed by atoms with E-state index in [1.54, 1.807) is 0 Å². The second-order valence-electron chi connectivity index (χ2n) is 17.9. The SMILES string of the molecule is c1ccc(-c2nc(-c3ccccc3)nc(-c3ccc4c(c3)C(c3ccc(-n5c6ccccc6c6ccccc65)cc3)(c3ccc(-n5c6ccccc6c6ccccc65)cc3)c3ccccc3-4)n2)cc1. The van der Waals surface area contributed by atoms with Gasteiger partial charge in [-0.25, -0.2) is 15.0 Å². The minimum absolute atomic E-state index is 0.624. The van der Waals surface area contributed by atoms with Gasteiger partial charge in [0.05, 0.1) is 27.5 Å². The van der Waals surface area contributed by atoms with E-state index < -0.39 is 5.41 Å². The highest BCUT2D eigenvalue weighted by Crippen LogP contribution is 2.57. The van der Waals surface area contributed by atoms with Crippen molar-refractivity contribution in [1.82, 2.24) is 24.1 Å². The molecule has 10 aromatic carbocycles. The van der Waals surface area contributed by atoms with E-state index in [1.807, 2.05) is 36.4 Å². The third-order valence-corrected chi connectivity index (χ3v) is 14.3. The minimum atomic E-state index is -0.710. The maximum Gasteiger partial charge on any atom is 0.164 e. The van der Waals surface area contributed by atoms with Crippen molar-refractivity contribution in [2.75, 3.05) is 0 Å². The van der Waals surface area contributed by atoms with E-state index in [0.717, 1.165) is 28.1 Å². The summed E-state index contributed by atoms with van der Waals surface area (Å²) in [5, 5.41) is 4.97. The van der Waals surface area contributed by atoms with Crippen LogP contribution in [0.5, 0.6) is 0 Å². The first-order valence-electron chi connectivity index (χ1n) is 23.5. The fourth-order valence-electron chi connectivity index (χ4n) is 11.3. The Morgan fingerprint density at radius 3 is 1.09 bits per heavy atom. The molecular weight excluding hydrogens is 839 g/mol. The zero-order valence-electron chi connectivity index (χ0n) is 37.4. The summed E-state index contributed by atoms with van der Waals surface area (Å²) in [6, 6.07) is 89.6. The van der Waals surface area contributed by atoms with Crippen LogP contribution in [0.4, 0.5) is 0 Å². The van der Waals surface area contributed by atoms with Gasteiger partial charge >= 0.3 is 0 Å². The summed E-state index contributed by atoms with van der Waals surface area (Å²) >= 11 is 0. The van der Waals surface area contributed by atoms with Gasteiger partial charge in [0.15, 0.2) is 17.5 Å². The quantitative estimate of drug-likeness (QED) is 0.160. The first kappa shape index (κ1) is 39.0. The van der Waals surface area contributed by atoms with Gasteiger partial charge in [-0.3, -0.25) is 0 Å². The zero-order valence-corrected chi connectivity index (χ0v) is 37.4. The number of nitrogens with zero attached hydrogens (tertiary/aromatic N) is 5. The summed E-state index contributed by atoms with van der Waals surface area (Å²) in [6.45, 7) is 0. The number of para-hydroxylation sites is 4. The molecule has 5 heteroatoms. The maximum atomic E-state index is 5.22. The lowest BCUT2D eigenvalue weighted by atomic mass is 9.67. The summed E-state index contributed by atoms with van der Waals surface area (Å²) in [5.41, 5.74) is 16.2. The minimum Gasteiger partial charge on any atom is -0.309 e. The Morgan fingerprint density at radius 1 is 0.275 bits per heavy atom. The number of hydrogen-bond donors (Lipinski definition) is 0. The van der Waals surface area contributed by atoms with Crippen LogP contribution in [-0.4, -0.2) is 24.1 Å². The molecule has 3 aromatic heterocycles. The van der Waals surface area contributed by atoms with Crippen molar-refractivity contribution in [3.05, 3.63) is 271 Å². The van der Waals surface area contributed by atoms with E-state index in [4.69, 9.17) is 15.0 Å². The smallest absolute Gasteiger partial charge is 0.164 e. The molecule has 0 atom stereocenters. The highest BCUT2D eigenvalue weighted by molar-refractivity contribution is 6.10. The van der Waals surface area contributed by atoms with Crippen LogP contribution < -0.4 is 0 Å². The van der Waals surface area contributed by atoms with E-state index in [1.165, 1.54) is 77.0 Å². The monoisotopic (exact) mass is 879 g/mol. The van der Waals surface area contributed by atoms with Crippen LogP contribution in [0.15, 0.2) is 249 Å². The van der Waals surface area contributed by atoms with Crippen LogP contribution in [0.3, 0.4) is 0 Å². The van der Waals surface area contributed by atoms with Crippen molar-refractivity contribution in [3.63, 3.8) is 0 Å². The van der Waals surface area contributed by atoms with Crippen molar-refractivity contribution < 1.29 is 0 Å². The lowest BCUT2D eigenvalue weighted by Gasteiger charge is -2.34. The summed E-state index contributed by atoms with van der Waals surface area (Å²) in [5.74, 6) is 1.89. The van der Waals surface area contributed by atoms with E-state index in [9.17, 15) is 0 Å². The molecule has 0 N–H and O–H groups in total. The predicted octanol–water partition coefficient (Wildman–Crippen LogP) is 15.4. The molecule has 0 fully saturated rings. The van der Waals surface area contributed by atoms with Gasteiger partial charge in [0.25, 0.3) is 0 Å². The lowest BCUT2D eigenvalue weighted by Crippen LogP contribution is -2.28. The molecule has 0 amide bonds. The number of fused-ring (bicyclic) bond motifs is 9. The fraction of sp³-hybridized carbons (Fsp3) is 0.0156. The van der Waals surface area contributed by atoms with Gasteiger partial charge in [-0.2, -0.15) is 0 Å². The number of rotatable bonds is 7. The largest absolute Gasteiger partial charge is 0.309 e. The Morgan fingerprint density at radius 2 is 0.638 bits per heavy atom. The molecule has 5 nitrogen and oxygen atoms in total. The van der Waals surface area contributed by atoms with E-state index >= 15 is 0 Å². The first-order chi connectivity index (χ1) is 34.2. The Labute approximate surface area is 398 Å². The molecule has 0 spiro atoms. The molecule has 1 aliphatic carbocycles. The third-order valence-electron chi connectivity index (χ3n) is 14.3. The number of hydrogen-bond acceptors (Lipinski definition) is 3. The van der Waals surface area contributed by atoms with Crippen LogP contribution in [-0.2, 0) is 5.41 Å². The molecule has 0 bridgehead atoms. The molecular formula is C64H41N5. The van der Waals surface area contributed by atoms with Gasteiger partial charge in [-0.05, 0) is 88.0 Å². The fourth-order valence-corrected chi connectivity index (χ4v) is 11.3. The molecule has 0 saturated heterocycles.